The van der Waals surface area contributed by atoms with Gasteiger partial charge in [-0.15, -0.1) is 4.83 Å². The first kappa shape index (κ1) is 27.3. The van der Waals surface area contributed by atoms with Crippen LogP contribution in [-0.4, -0.2) is 58.2 Å². The highest BCUT2D eigenvalue weighted by molar-refractivity contribution is 7.89. The fourth-order valence-corrected chi connectivity index (χ4v) is 5.29. The number of halogens is 1. The normalized spacial score (nSPS) is 19.1. The lowest BCUT2D eigenvalue weighted by molar-refractivity contribution is -0.119. The first-order valence-electron chi connectivity index (χ1n) is 12.1. The molecular weight excluding hydrogens is 515 g/mol. The van der Waals surface area contributed by atoms with Gasteiger partial charge < -0.3 is 15.0 Å². The van der Waals surface area contributed by atoms with Crippen molar-refractivity contribution < 1.29 is 27.1 Å². The third-order valence-corrected chi connectivity index (χ3v) is 7.89. The molecule has 0 unspecified atom stereocenters. The van der Waals surface area contributed by atoms with Gasteiger partial charge in [-0.25, -0.2) is 23.0 Å². The number of amides is 2. The van der Waals surface area contributed by atoms with Gasteiger partial charge in [-0.1, -0.05) is 17.7 Å². The largest absolute Gasteiger partial charge is 0.442 e. The summed E-state index contributed by atoms with van der Waals surface area (Å²) in [6, 6.07) is 12.9. The van der Waals surface area contributed by atoms with E-state index in [9.17, 15) is 23.3 Å². The number of nitrogens with one attached hydrogen (secondary N) is 3. The monoisotopic (exact) mass is 544 g/mol. The Morgan fingerprint density at radius 1 is 1.21 bits per heavy atom. The molecule has 0 radical (unpaired) electrons. The van der Waals surface area contributed by atoms with Crippen molar-refractivity contribution in [3.63, 3.8) is 0 Å². The summed E-state index contributed by atoms with van der Waals surface area (Å²) in [4.78, 5) is 28.8. The molecule has 2 amide bonds. The number of hydrogen-bond donors (Lipinski definition) is 3. The highest BCUT2D eigenvalue weighted by atomic mass is 32.2. The summed E-state index contributed by atoms with van der Waals surface area (Å²) in [5.74, 6) is -0.784. The van der Waals surface area contributed by atoms with Gasteiger partial charge in [0.15, 0.2) is 0 Å². The second kappa shape index (κ2) is 10.9. The number of hydrazine groups is 1. The van der Waals surface area contributed by atoms with E-state index in [1.165, 1.54) is 30.0 Å². The maximum Gasteiger partial charge on any atom is 0.414 e. The van der Waals surface area contributed by atoms with Gasteiger partial charge in [-0.3, -0.25) is 9.69 Å². The third-order valence-electron chi connectivity index (χ3n) is 6.62. The van der Waals surface area contributed by atoms with Crippen molar-refractivity contribution in [2.45, 2.75) is 43.2 Å². The number of nitriles is 1. The van der Waals surface area contributed by atoms with Crippen LogP contribution in [0.5, 0.6) is 0 Å². The summed E-state index contributed by atoms with van der Waals surface area (Å²) in [6.45, 7) is 4.16. The quantitative estimate of drug-likeness (QED) is 0.428. The number of ether oxygens (including phenoxy) is 1. The van der Waals surface area contributed by atoms with E-state index in [1.54, 1.807) is 29.2 Å². The number of piperidine rings is 1. The zero-order valence-electron chi connectivity index (χ0n) is 21.0. The van der Waals surface area contributed by atoms with E-state index in [4.69, 9.17) is 4.74 Å². The SMILES string of the molecule is CC(=O)NC[C@H]1CN(c2ccc(N3CCC(C#N)(NNS(=O)(=O)c4ccc(C)cc4)CC3)c(F)c2)C(=O)O1. The van der Waals surface area contributed by atoms with Gasteiger partial charge in [0.2, 0.25) is 5.91 Å². The maximum atomic E-state index is 15.1. The molecule has 2 aromatic rings. The second-order valence-corrected chi connectivity index (χ2v) is 11.1. The van der Waals surface area contributed by atoms with E-state index in [-0.39, 0.29) is 36.7 Å². The Hall–Kier alpha value is -3.73. The Balaban J connectivity index is 1.37. The lowest BCUT2D eigenvalue weighted by atomic mass is 9.89. The predicted octanol–water partition coefficient (Wildman–Crippen LogP) is 1.94. The van der Waals surface area contributed by atoms with Gasteiger partial charge in [-0.2, -0.15) is 5.26 Å². The molecule has 13 heteroatoms. The number of benzene rings is 2. The highest BCUT2D eigenvalue weighted by Gasteiger charge is 2.37. The van der Waals surface area contributed by atoms with E-state index in [0.29, 0.717) is 24.5 Å². The lowest BCUT2D eigenvalue weighted by Crippen LogP contribution is -2.58. The van der Waals surface area contributed by atoms with E-state index in [1.807, 2.05) is 6.92 Å². The van der Waals surface area contributed by atoms with Gasteiger partial charge in [0.1, 0.15) is 17.5 Å². The molecule has 0 bridgehead atoms. The maximum absolute atomic E-state index is 15.1. The standard InChI is InChI=1S/C25H29FN6O5S/c1-17-3-6-21(7-4-17)38(35,36)30-29-25(16-27)9-11-31(12-10-25)23-8-5-19(13-22(23)26)32-15-20(37-24(32)34)14-28-18(2)33/h3-8,13,20,29-30H,9-12,14-15H2,1-2H3,(H,28,33)/t20-/m0/s1. The van der Waals surface area contributed by atoms with Crippen LogP contribution in [0.1, 0.15) is 25.3 Å². The number of carbonyl (C=O) groups is 2. The predicted molar refractivity (Wildman–Crippen MR) is 137 cm³/mol. The van der Waals surface area contributed by atoms with Crippen molar-refractivity contribution in [2.24, 2.45) is 0 Å². The smallest absolute Gasteiger partial charge is 0.414 e. The minimum atomic E-state index is -3.88. The Kier molecular flexibility index (Phi) is 7.86. The van der Waals surface area contributed by atoms with Crippen molar-refractivity contribution in [2.75, 3.05) is 36.0 Å². The molecule has 1 atom stereocenters. The lowest BCUT2D eigenvalue weighted by Gasteiger charge is -2.39. The van der Waals surface area contributed by atoms with Crippen LogP contribution in [0.3, 0.4) is 0 Å². The number of cyclic esters (lactones) is 1. The van der Waals surface area contributed by atoms with Crippen molar-refractivity contribution in [3.05, 3.63) is 53.8 Å². The number of carbonyl (C=O) groups excluding carboxylic acids is 2. The van der Waals surface area contributed by atoms with Crippen LogP contribution in [0.2, 0.25) is 0 Å². The van der Waals surface area contributed by atoms with Gasteiger partial charge in [-0.05, 0) is 50.1 Å². The average molecular weight is 545 g/mol. The molecular formula is C25H29FN6O5S. The molecule has 0 spiro atoms. The minimum absolute atomic E-state index is 0.0756. The van der Waals surface area contributed by atoms with Crippen LogP contribution < -0.4 is 25.4 Å². The molecule has 202 valence electrons. The molecule has 2 aliphatic rings. The highest BCUT2D eigenvalue weighted by Crippen LogP contribution is 2.31. The molecule has 2 saturated heterocycles. The van der Waals surface area contributed by atoms with Gasteiger partial charge >= 0.3 is 6.09 Å². The second-order valence-electron chi connectivity index (χ2n) is 9.41. The number of rotatable bonds is 8. The molecule has 4 rings (SSSR count). The molecule has 2 aliphatic heterocycles. The summed E-state index contributed by atoms with van der Waals surface area (Å²) in [5, 5.41) is 12.4. The fourth-order valence-electron chi connectivity index (χ4n) is 4.35. The Bertz CT molecular complexity index is 1350. The van der Waals surface area contributed by atoms with Crippen LogP contribution in [0.4, 0.5) is 20.6 Å². The molecule has 38 heavy (non-hydrogen) atoms. The Labute approximate surface area is 220 Å². The zero-order chi connectivity index (χ0) is 27.5. The molecule has 2 aromatic carbocycles. The zero-order valence-corrected chi connectivity index (χ0v) is 21.8. The van der Waals surface area contributed by atoms with Crippen LogP contribution in [0.15, 0.2) is 47.4 Å². The van der Waals surface area contributed by atoms with Crippen LogP contribution in [0.25, 0.3) is 0 Å². The van der Waals surface area contributed by atoms with Crippen molar-refractivity contribution in [3.8, 4) is 6.07 Å². The van der Waals surface area contributed by atoms with Crippen molar-refractivity contribution in [1.29, 1.82) is 5.26 Å². The van der Waals surface area contributed by atoms with E-state index in [2.05, 4.69) is 21.6 Å². The Morgan fingerprint density at radius 2 is 1.89 bits per heavy atom. The average Bonchev–Trinajstić information content (AvgIpc) is 3.27. The van der Waals surface area contributed by atoms with Gasteiger partial charge in [0, 0.05) is 20.0 Å². The van der Waals surface area contributed by atoms with Crippen molar-refractivity contribution >= 4 is 33.4 Å². The fraction of sp³-hybridized carbons (Fsp3) is 0.400. The summed E-state index contributed by atoms with van der Waals surface area (Å²) in [5.41, 5.74) is 3.09. The first-order valence-corrected chi connectivity index (χ1v) is 13.5. The van der Waals surface area contributed by atoms with Crippen LogP contribution >= 0.6 is 0 Å². The minimum Gasteiger partial charge on any atom is -0.442 e. The molecule has 0 saturated carbocycles. The summed E-state index contributed by atoms with van der Waals surface area (Å²) < 4.78 is 45.6. The molecule has 2 heterocycles. The topological polar surface area (TPSA) is 144 Å². The van der Waals surface area contributed by atoms with E-state index < -0.39 is 33.6 Å². The van der Waals surface area contributed by atoms with Gasteiger partial charge in [0.05, 0.1) is 35.4 Å². The summed E-state index contributed by atoms with van der Waals surface area (Å²) in [6.07, 6.45) is -0.677. The molecule has 3 N–H and O–H groups in total. The molecule has 0 aliphatic carbocycles. The van der Waals surface area contributed by atoms with Crippen LogP contribution in [0, 0.1) is 24.1 Å². The van der Waals surface area contributed by atoms with E-state index in [0.717, 1.165) is 5.56 Å². The van der Waals surface area contributed by atoms with Crippen molar-refractivity contribution in [1.82, 2.24) is 15.6 Å². The number of nitrogens with zero attached hydrogens (tertiary/aromatic N) is 3. The third kappa shape index (κ3) is 6.04. The Morgan fingerprint density at radius 3 is 2.50 bits per heavy atom. The molecule has 0 aromatic heterocycles. The van der Waals surface area contributed by atoms with Gasteiger partial charge in [0.25, 0.3) is 10.0 Å². The number of hydrogen-bond acceptors (Lipinski definition) is 8. The van der Waals surface area contributed by atoms with E-state index >= 15 is 4.39 Å². The number of sulfonamides is 1. The first-order chi connectivity index (χ1) is 18.0. The molecule has 2 fully saturated rings. The number of aryl methyl sites for hydroxylation is 1. The number of anilines is 2. The summed E-state index contributed by atoms with van der Waals surface area (Å²) >= 11 is 0. The molecule has 11 nitrogen and oxygen atoms in total. The van der Waals surface area contributed by atoms with Crippen LogP contribution in [-0.2, 0) is 19.6 Å². The summed E-state index contributed by atoms with van der Waals surface area (Å²) in [7, 11) is -3.88.